The average Bonchev–Trinajstić information content (AvgIpc) is 3.30. The molecule has 0 radical (unpaired) electrons. The lowest BCUT2D eigenvalue weighted by Gasteiger charge is -2.16. The van der Waals surface area contributed by atoms with E-state index in [2.05, 4.69) is 10.3 Å². The fourth-order valence-electron chi connectivity index (χ4n) is 4.06. The predicted molar refractivity (Wildman–Crippen MR) is 147 cm³/mol. The summed E-state index contributed by atoms with van der Waals surface area (Å²) >= 11 is 0. The number of ketones is 1. The van der Waals surface area contributed by atoms with Gasteiger partial charge in [-0.25, -0.2) is 9.78 Å². The highest BCUT2D eigenvalue weighted by Gasteiger charge is 2.19. The summed E-state index contributed by atoms with van der Waals surface area (Å²) in [6.07, 6.45) is 2.06. The highest BCUT2D eigenvalue weighted by atomic mass is 16.5. The van der Waals surface area contributed by atoms with Crippen molar-refractivity contribution in [2.75, 3.05) is 6.61 Å². The van der Waals surface area contributed by atoms with Crippen LogP contribution in [0.4, 0.5) is 0 Å². The topological polar surface area (TPSA) is 122 Å². The summed E-state index contributed by atoms with van der Waals surface area (Å²) in [5, 5.41) is 22.5. The number of aromatic hydroxyl groups is 1. The molecule has 0 saturated carbocycles. The maximum absolute atomic E-state index is 12.4. The Labute approximate surface area is 226 Å². The fraction of sp³-hybridized carbons (Fsp3) is 0.194. The third-order valence-corrected chi connectivity index (χ3v) is 6.10. The molecule has 8 heteroatoms. The first kappa shape index (κ1) is 27.2. The minimum Gasteiger partial charge on any atom is -0.507 e. The number of aromatic nitrogens is 1. The average molecular weight is 527 g/mol. The van der Waals surface area contributed by atoms with Gasteiger partial charge in [0.15, 0.2) is 5.78 Å². The normalized spacial score (nSPS) is 12.1. The number of carbonyl (C=O) groups is 2. The Morgan fingerprint density at radius 2 is 1.72 bits per heavy atom. The Balaban J connectivity index is 1.31. The van der Waals surface area contributed by atoms with Gasteiger partial charge in [-0.3, -0.25) is 4.79 Å². The van der Waals surface area contributed by atoms with E-state index in [1.807, 2.05) is 49.4 Å². The van der Waals surface area contributed by atoms with Crippen molar-refractivity contribution in [2.45, 2.75) is 32.7 Å². The quantitative estimate of drug-likeness (QED) is 0.167. The second kappa shape index (κ2) is 12.6. The van der Waals surface area contributed by atoms with Crippen LogP contribution in [0.15, 0.2) is 95.1 Å². The van der Waals surface area contributed by atoms with Gasteiger partial charge in [0.2, 0.25) is 5.89 Å². The summed E-state index contributed by atoms with van der Waals surface area (Å²) < 4.78 is 11.7. The number of carboxylic acids is 1. The van der Waals surface area contributed by atoms with Crippen molar-refractivity contribution in [3.05, 3.63) is 113 Å². The molecule has 8 nitrogen and oxygen atoms in total. The van der Waals surface area contributed by atoms with Crippen LogP contribution in [0.25, 0.3) is 11.5 Å². The lowest BCUT2D eigenvalue weighted by atomic mass is 10.0. The summed E-state index contributed by atoms with van der Waals surface area (Å²) in [7, 11) is 0. The molecular formula is C31H30N2O6. The zero-order valence-corrected chi connectivity index (χ0v) is 21.8. The van der Waals surface area contributed by atoms with E-state index >= 15 is 0 Å². The highest BCUT2D eigenvalue weighted by Crippen LogP contribution is 2.22. The number of carboxylic acid groups (broad SMARTS) is 1. The maximum atomic E-state index is 12.4. The molecule has 1 aromatic heterocycles. The number of hydrogen-bond donors (Lipinski definition) is 3. The largest absolute Gasteiger partial charge is 0.507 e. The zero-order chi connectivity index (χ0) is 27.8. The van der Waals surface area contributed by atoms with Crippen LogP contribution in [0.5, 0.6) is 11.5 Å². The van der Waals surface area contributed by atoms with Crippen molar-refractivity contribution in [1.29, 1.82) is 0 Å². The van der Waals surface area contributed by atoms with Crippen LogP contribution in [0, 0.1) is 6.92 Å². The van der Waals surface area contributed by atoms with Crippen LogP contribution in [0.3, 0.4) is 0 Å². The standard InChI is InChI=1S/C31H30N2O6/c1-20(18-29(35)25-10-6-7-11-28(25)34)32-27(31(36)37)19-22-12-14-24(15-13-22)38-17-16-26-21(2)39-30(33-26)23-8-4-3-5-9-23/h3-15,18,27,32,34H,16-17,19H2,1-2H3,(H,36,37)/b20-18+/t27-/m0/s1. The summed E-state index contributed by atoms with van der Waals surface area (Å²) in [6.45, 7) is 3.91. The van der Waals surface area contributed by atoms with E-state index in [1.165, 1.54) is 18.2 Å². The van der Waals surface area contributed by atoms with Gasteiger partial charge in [-0.05, 0) is 55.8 Å². The van der Waals surface area contributed by atoms with Crippen LogP contribution in [0.2, 0.25) is 0 Å². The molecule has 0 aliphatic carbocycles. The summed E-state index contributed by atoms with van der Waals surface area (Å²) in [4.78, 5) is 28.9. The smallest absolute Gasteiger partial charge is 0.326 e. The Bertz CT molecular complexity index is 1460. The highest BCUT2D eigenvalue weighted by molar-refractivity contribution is 6.06. The van der Waals surface area contributed by atoms with E-state index in [-0.39, 0.29) is 17.7 Å². The van der Waals surface area contributed by atoms with Crippen LogP contribution in [0.1, 0.15) is 34.3 Å². The van der Waals surface area contributed by atoms with Crippen molar-refractivity contribution >= 4 is 11.8 Å². The van der Waals surface area contributed by atoms with E-state index in [0.29, 0.717) is 30.4 Å². The van der Waals surface area contributed by atoms with Gasteiger partial charge in [-0.15, -0.1) is 0 Å². The first-order valence-corrected chi connectivity index (χ1v) is 12.5. The number of nitrogens with zero attached hydrogens (tertiary/aromatic N) is 1. The van der Waals surface area contributed by atoms with Crippen LogP contribution >= 0.6 is 0 Å². The molecule has 0 fully saturated rings. The molecule has 0 spiro atoms. The number of phenols is 1. The van der Waals surface area contributed by atoms with Gasteiger partial charge in [-0.2, -0.15) is 0 Å². The van der Waals surface area contributed by atoms with E-state index in [0.717, 1.165) is 22.6 Å². The number of benzene rings is 3. The van der Waals surface area contributed by atoms with Crippen LogP contribution in [-0.4, -0.2) is 39.6 Å². The molecule has 3 N–H and O–H groups in total. The van der Waals surface area contributed by atoms with Crippen molar-refractivity contribution in [1.82, 2.24) is 10.3 Å². The third kappa shape index (κ3) is 7.35. The van der Waals surface area contributed by atoms with Gasteiger partial charge < -0.3 is 24.7 Å². The number of rotatable bonds is 12. The van der Waals surface area contributed by atoms with Crippen molar-refractivity contribution in [3.63, 3.8) is 0 Å². The van der Waals surface area contributed by atoms with Gasteiger partial charge in [0.1, 0.15) is 23.3 Å². The van der Waals surface area contributed by atoms with Gasteiger partial charge in [0, 0.05) is 30.2 Å². The van der Waals surface area contributed by atoms with E-state index in [4.69, 9.17) is 9.15 Å². The van der Waals surface area contributed by atoms with E-state index in [9.17, 15) is 19.8 Å². The molecule has 1 heterocycles. The molecule has 3 aromatic carbocycles. The predicted octanol–water partition coefficient (Wildman–Crippen LogP) is 5.35. The molecule has 0 aliphatic rings. The Morgan fingerprint density at radius 3 is 2.41 bits per heavy atom. The molecule has 39 heavy (non-hydrogen) atoms. The minimum atomic E-state index is -1.05. The summed E-state index contributed by atoms with van der Waals surface area (Å²) in [5.74, 6) is 0.411. The first-order valence-electron chi connectivity index (χ1n) is 12.5. The van der Waals surface area contributed by atoms with Crippen molar-refractivity contribution in [3.8, 4) is 23.0 Å². The number of aryl methyl sites for hydroxylation is 1. The molecule has 200 valence electrons. The summed E-state index contributed by atoms with van der Waals surface area (Å²) in [5.41, 5.74) is 3.09. The number of allylic oxidation sites excluding steroid dienone is 2. The molecule has 0 saturated heterocycles. The lowest BCUT2D eigenvalue weighted by molar-refractivity contribution is -0.139. The van der Waals surface area contributed by atoms with Gasteiger partial charge in [0.05, 0.1) is 17.9 Å². The molecule has 0 aliphatic heterocycles. The minimum absolute atomic E-state index is 0.128. The molecule has 0 unspecified atom stereocenters. The van der Waals surface area contributed by atoms with Crippen molar-refractivity contribution < 1.29 is 29.0 Å². The third-order valence-electron chi connectivity index (χ3n) is 6.10. The number of ether oxygens (including phenoxy) is 1. The molecule has 1 atom stereocenters. The second-order valence-corrected chi connectivity index (χ2v) is 9.08. The number of hydrogen-bond acceptors (Lipinski definition) is 7. The second-order valence-electron chi connectivity index (χ2n) is 9.08. The van der Waals surface area contributed by atoms with Crippen molar-refractivity contribution in [2.24, 2.45) is 0 Å². The van der Waals surface area contributed by atoms with Crippen LogP contribution in [-0.2, 0) is 17.6 Å². The lowest BCUT2D eigenvalue weighted by Crippen LogP contribution is -2.37. The molecule has 0 amide bonds. The molecule has 4 aromatic rings. The Kier molecular flexibility index (Phi) is 8.78. The number of oxazole rings is 1. The molecular weight excluding hydrogens is 496 g/mol. The Morgan fingerprint density at radius 1 is 1.03 bits per heavy atom. The van der Waals surface area contributed by atoms with Crippen LogP contribution < -0.4 is 10.1 Å². The number of carbonyl (C=O) groups excluding carboxylic acids is 1. The first-order chi connectivity index (χ1) is 18.8. The number of para-hydroxylation sites is 1. The number of phenolic OH excluding ortho intramolecular Hbond substituents is 1. The van der Waals surface area contributed by atoms with E-state index in [1.54, 1.807) is 31.2 Å². The monoisotopic (exact) mass is 526 g/mol. The SMILES string of the molecule is C/C(=C\C(=O)c1ccccc1O)N[C@@H](Cc1ccc(OCCc2nc(-c3ccccc3)oc2C)cc1)C(=O)O. The maximum Gasteiger partial charge on any atom is 0.326 e. The van der Waals surface area contributed by atoms with Gasteiger partial charge in [0.25, 0.3) is 0 Å². The number of aliphatic carboxylic acids is 1. The number of nitrogens with one attached hydrogen (secondary N) is 1. The van der Waals surface area contributed by atoms with E-state index < -0.39 is 17.8 Å². The van der Waals surface area contributed by atoms with Gasteiger partial charge >= 0.3 is 5.97 Å². The Hall–Kier alpha value is -4.85. The molecule has 0 bridgehead atoms. The van der Waals surface area contributed by atoms with Gasteiger partial charge in [-0.1, -0.05) is 42.5 Å². The summed E-state index contributed by atoms with van der Waals surface area (Å²) in [6, 6.07) is 22.2. The molecule has 4 rings (SSSR count). The fourth-order valence-corrected chi connectivity index (χ4v) is 4.06. The zero-order valence-electron chi connectivity index (χ0n) is 21.8.